The Morgan fingerprint density at radius 1 is 1.10 bits per heavy atom. The van der Waals surface area contributed by atoms with Crippen LogP contribution in [0.4, 0.5) is 0 Å². The van der Waals surface area contributed by atoms with Gasteiger partial charge in [0.25, 0.3) is 0 Å². The van der Waals surface area contributed by atoms with E-state index in [0.29, 0.717) is 11.3 Å². The summed E-state index contributed by atoms with van der Waals surface area (Å²) in [7, 11) is 2.23. The Morgan fingerprint density at radius 2 is 1.62 bits per heavy atom. The molecule has 0 spiro atoms. The summed E-state index contributed by atoms with van der Waals surface area (Å²) in [5, 5.41) is 0. The van der Waals surface area contributed by atoms with E-state index in [2.05, 4.69) is 37.6 Å². The predicted molar refractivity (Wildman–Crippen MR) is 90.3 cm³/mol. The zero-order chi connectivity index (χ0) is 16.3. The van der Waals surface area contributed by atoms with E-state index in [1.165, 1.54) is 25.8 Å². The molecular weight excluding hydrogens is 260 g/mol. The van der Waals surface area contributed by atoms with Crippen LogP contribution in [0.2, 0.25) is 0 Å². The first-order valence-corrected chi connectivity index (χ1v) is 8.47. The minimum absolute atomic E-state index is 0.236. The minimum atomic E-state index is -0.236. The van der Waals surface area contributed by atoms with Gasteiger partial charge in [0.15, 0.2) is 0 Å². The molecule has 1 saturated heterocycles. The lowest BCUT2D eigenvalue weighted by atomic mass is 9.89. The molecular formula is C18H36N2O. The number of carbonyl (C=O) groups excluding carboxylic acids is 1. The Morgan fingerprint density at radius 3 is 2.05 bits per heavy atom. The maximum Gasteiger partial charge on any atom is 0.227 e. The minimum Gasteiger partial charge on any atom is -0.342 e. The van der Waals surface area contributed by atoms with Crippen LogP contribution in [0.5, 0.6) is 0 Å². The maximum atomic E-state index is 12.3. The largest absolute Gasteiger partial charge is 0.342 e. The number of piperidine rings is 1. The molecule has 3 heteroatoms. The molecule has 0 aliphatic carbocycles. The summed E-state index contributed by atoms with van der Waals surface area (Å²) in [4.78, 5) is 16.8. The monoisotopic (exact) mass is 296 g/mol. The molecule has 21 heavy (non-hydrogen) atoms. The molecule has 1 heterocycles. The van der Waals surface area contributed by atoms with Gasteiger partial charge in [-0.2, -0.15) is 0 Å². The summed E-state index contributed by atoms with van der Waals surface area (Å²) in [5.74, 6) is 1.10. The Balaban J connectivity index is 2.30. The van der Waals surface area contributed by atoms with Crippen LogP contribution in [-0.4, -0.2) is 48.9 Å². The van der Waals surface area contributed by atoms with Crippen LogP contribution in [0.25, 0.3) is 0 Å². The van der Waals surface area contributed by atoms with Gasteiger partial charge in [-0.3, -0.25) is 4.79 Å². The van der Waals surface area contributed by atoms with Crippen molar-refractivity contribution in [3.63, 3.8) is 0 Å². The number of carbonyl (C=O) groups is 1. The summed E-state index contributed by atoms with van der Waals surface area (Å²) in [6, 6.07) is 0. The van der Waals surface area contributed by atoms with Gasteiger partial charge >= 0.3 is 0 Å². The third-order valence-corrected chi connectivity index (χ3v) is 4.21. The number of hydrogen-bond donors (Lipinski definition) is 0. The smallest absolute Gasteiger partial charge is 0.227 e. The standard InChI is InChI=1S/C18H36N2O/c1-17(2,3)14-19(7)11-8-15-9-12-20(13-10-15)16(21)18(4,5)6/h15H,8-14H2,1-7H3. The molecule has 0 aromatic rings. The van der Waals surface area contributed by atoms with E-state index in [1.54, 1.807) is 0 Å². The van der Waals surface area contributed by atoms with Crippen molar-refractivity contribution in [2.45, 2.75) is 60.8 Å². The zero-order valence-electron chi connectivity index (χ0n) is 15.3. The second-order valence-electron chi connectivity index (χ2n) is 9.07. The molecule has 1 aliphatic rings. The van der Waals surface area contributed by atoms with Crippen molar-refractivity contribution in [2.24, 2.45) is 16.7 Å². The highest BCUT2D eigenvalue weighted by molar-refractivity contribution is 5.81. The second kappa shape index (κ2) is 7.13. The first-order chi connectivity index (χ1) is 9.49. The number of likely N-dealkylation sites (tertiary alicyclic amines) is 1. The van der Waals surface area contributed by atoms with Crippen LogP contribution in [0.15, 0.2) is 0 Å². The van der Waals surface area contributed by atoms with Crippen LogP contribution in [0.1, 0.15) is 60.8 Å². The molecule has 0 radical (unpaired) electrons. The van der Waals surface area contributed by atoms with Gasteiger partial charge in [-0.1, -0.05) is 41.5 Å². The van der Waals surface area contributed by atoms with Gasteiger partial charge in [-0.15, -0.1) is 0 Å². The molecule has 124 valence electrons. The SMILES string of the molecule is CN(CCC1CCN(C(=O)C(C)(C)C)CC1)CC(C)(C)C. The lowest BCUT2D eigenvalue weighted by Gasteiger charge is -2.36. The Labute approximate surface area is 132 Å². The summed E-state index contributed by atoms with van der Waals surface area (Å²) in [6.45, 7) is 17.1. The van der Waals surface area contributed by atoms with E-state index in [4.69, 9.17) is 0 Å². The van der Waals surface area contributed by atoms with Gasteiger partial charge in [-0.05, 0) is 44.2 Å². The molecule has 0 N–H and O–H groups in total. The van der Waals surface area contributed by atoms with Crippen LogP contribution in [0.3, 0.4) is 0 Å². The van der Waals surface area contributed by atoms with E-state index < -0.39 is 0 Å². The predicted octanol–water partition coefficient (Wildman–Crippen LogP) is 3.64. The molecule has 0 aromatic carbocycles. The van der Waals surface area contributed by atoms with Gasteiger partial charge in [0.2, 0.25) is 5.91 Å². The third-order valence-electron chi connectivity index (χ3n) is 4.21. The van der Waals surface area contributed by atoms with Crippen LogP contribution >= 0.6 is 0 Å². The van der Waals surface area contributed by atoms with Crippen molar-refractivity contribution >= 4 is 5.91 Å². The van der Waals surface area contributed by atoms with Gasteiger partial charge in [0, 0.05) is 25.0 Å². The molecule has 0 saturated carbocycles. The fourth-order valence-electron chi connectivity index (χ4n) is 3.19. The van der Waals surface area contributed by atoms with Crippen LogP contribution in [0, 0.1) is 16.7 Å². The molecule has 0 unspecified atom stereocenters. The molecule has 1 fully saturated rings. The highest BCUT2D eigenvalue weighted by atomic mass is 16.2. The topological polar surface area (TPSA) is 23.6 Å². The molecule has 0 aromatic heterocycles. The number of rotatable bonds is 4. The lowest BCUT2D eigenvalue weighted by Crippen LogP contribution is -2.44. The average Bonchev–Trinajstić information content (AvgIpc) is 2.33. The summed E-state index contributed by atoms with van der Waals surface area (Å²) >= 11 is 0. The molecule has 3 nitrogen and oxygen atoms in total. The van der Waals surface area contributed by atoms with E-state index in [-0.39, 0.29) is 5.41 Å². The maximum absolute atomic E-state index is 12.3. The van der Waals surface area contributed by atoms with Crippen molar-refractivity contribution < 1.29 is 4.79 Å². The summed E-state index contributed by atoms with van der Waals surface area (Å²) in [6.07, 6.45) is 3.61. The van der Waals surface area contributed by atoms with Crippen molar-refractivity contribution in [3.8, 4) is 0 Å². The zero-order valence-corrected chi connectivity index (χ0v) is 15.3. The van der Waals surface area contributed by atoms with Crippen LogP contribution < -0.4 is 0 Å². The Bertz CT molecular complexity index is 330. The number of amides is 1. The molecule has 1 rings (SSSR count). The van der Waals surface area contributed by atoms with Gasteiger partial charge in [0.1, 0.15) is 0 Å². The van der Waals surface area contributed by atoms with Crippen molar-refractivity contribution in [1.29, 1.82) is 0 Å². The molecule has 1 amide bonds. The number of nitrogens with zero attached hydrogens (tertiary/aromatic N) is 2. The van der Waals surface area contributed by atoms with Crippen molar-refractivity contribution in [3.05, 3.63) is 0 Å². The highest BCUT2D eigenvalue weighted by Gasteiger charge is 2.30. The fraction of sp³-hybridized carbons (Fsp3) is 0.944. The van der Waals surface area contributed by atoms with E-state index in [1.807, 2.05) is 20.8 Å². The van der Waals surface area contributed by atoms with Gasteiger partial charge < -0.3 is 9.80 Å². The fourth-order valence-corrected chi connectivity index (χ4v) is 3.19. The van der Waals surface area contributed by atoms with E-state index in [9.17, 15) is 4.79 Å². The second-order valence-corrected chi connectivity index (χ2v) is 9.07. The quantitative estimate of drug-likeness (QED) is 0.791. The van der Waals surface area contributed by atoms with Crippen LogP contribution in [-0.2, 0) is 4.79 Å². The first kappa shape index (κ1) is 18.5. The summed E-state index contributed by atoms with van der Waals surface area (Å²) < 4.78 is 0. The average molecular weight is 296 g/mol. The molecule has 1 aliphatic heterocycles. The third kappa shape index (κ3) is 6.82. The Kier molecular flexibility index (Phi) is 6.27. The van der Waals surface area contributed by atoms with Crippen molar-refractivity contribution in [1.82, 2.24) is 9.80 Å². The lowest BCUT2D eigenvalue weighted by molar-refractivity contribution is -0.140. The summed E-state index contributed by atoms with van der Waals surface area (Å²) in [5.41, 5.74) is 0.136. The van der Waals surface area contributed by atoms with E-state index >= 15 is 0 Å². The highest BCUT2D eigenvalue weighted by Crippen LogP contribution is 2.25. The van der Waals surface area contributed by atoms with E-state index in [0.717, 1.165) is 25.6 Å². The van der Waals surface area contributed by atoms with Gasteiger partial charge in [0.05, 0.1) is 0 Å². The normalized spacial score (nSPS) is 18.4. The van der Waals surface area contributed by atoms with Gasteiger partial charge in [-0.25, -0.2) is 0 Å². The Hall–Kier alpha value is -0.570. The molecule has 0 bridgehead atoms. The first-order valence-electron chi connectivity index (χ1n) is 8.47. The molecule has 0 atom stereocenters. The number of hydrogen-bond acceptors (Lipinski definition) is 2. The van der Waals surface area contributed by atoms with Crippen molar-refractivity contribution in [2.75, 3.05) is 33.2 Å².